The molecule has 0 aromatic carbocycles. The Labute approximate surface area is 588 Å². The lowest BCUT2D eigenvalue weighted by molar-refractivity contribution is -0.161. The molecule has 0 aliphatic carbocycles. The van der Waals surface area contributed by atoms with E-state index in [0.717, 1.165) is 95.8 Å². The standard InChI is InChI=1S/C77H150O17P2/c1-6-9-12-15-18-21-23-25-27-32-36-41-46-51-56-61-75(80)88-67-73(94-77(82)63-58-53-48-43-38-34-30-29-31-35-40-44-49-54-59-70(4)5)69-92-96(85,86)90-65-71(78)64-89-95(83,84)91-68-72(66-87-74(79)60-55-50-45-39-20-17-14-11-8-3)93-76(81)62-57-52-47-42-37-33-28-26-24-22-19-16-13-10-7-2/h70-73,78H,6-69H2,1-5H3,(H,83,84)(H,85,86)/t71-,72+,73+/m0/s1. The molecule has 2 unspecified atom stereocenters. The highest BCUT2D eigenvalue weighted by Crippen LogP contribution is 2.45. The number of hydrogen-bond acceptors (Lipinski definition) is 15. The van der Waals surface area contributed by atoms with Gasteiger partial charge in [0, 0.05) is 25.7 Å². The summed E-state index contributed by atoms with van der Waals surface area (Å²) in [6.45, 7) is 7.32. The maximum absolute atomic E-state index is 13.1. The van der Waals surface area contributed by atoms with Crippen molar-refractivity contribution in [3.8, 4) is 0 Å². The first kappa shape index (κ1) is 94.1. The van der Waals surface area contributed by atoms with Crippen LogP contribution in [0.5, 0.6) is 0 Å². The van der Waals surface area contributed by atoms with Crippen molar-refractivity contribution in [2.45, 2.75) is 425 Å². The molecule has 96 heavy (non-hydrogen) atoms. The van der Waals surface area contributed by atoms with E-state index in [1.165, 1.54) is 231 Å². The summed E-state index contributed by atoms with van der Waals surface area (Å²) in [4.78, 5) is 72.8. The van der Waals surface area contributed by atoms with Gasteiger partial charge in [0.25, 0.3) is 0 Å². The molecule has 0 aliphatic rings. The van der Waals surface area contributed by atoms with Gasteiger partial charge in [-0.1, -0.05) is 356 Å². The van der Waals surface area contributed by atoms with Gasteiger partial charge in [0.2, 0.25) is 0 Å². The molecule has 0 rings (SSSR count). The molecule has 0 aromatic heterocycles. The summed E-state index contributed by atoms with van der Waals surface area (Å²) in [5, 5.41) is 10.6. The Morgan fingerprint density at radius 1 is 0.281 bits per heavy atom. The molecule has 0 bridgehead atoms. The quantitative estimate of drug-likeness (QED) is 0.0222. The molecule has 0 saturated heterocycles. The highest BCUT2D eigenvalue weighted by molar-refractivity contribution is 7.47. The fraction of sp³-hybridized carbons (Fsp3) is 0.948. The van der Waals surface area contributed by atoms with Crippen molar-refractivity contribution in [2.24, 2.45) is 5.92 Å². The van der Waals surface area contributed by atoms with Crippen LogP contribution in [-0.4, -0.2) is 96.7 Å². The van der Waals surface area contributed by atoms with Crippen LogP contribution >= 0.6 is 15.6 Å². The van der Waals surface area contributed by atoms with Crippen LogP contribution in [-0.2, 0) is 65.4 Å². The van der Waals surface area contributed by atoms with E-state index in [-0.39, 0.29) is 25.7 Å². The van der Waals surface area contributed by atoms with Crippen molar-refractivity contribution in [2.75, 3.05) is 39.6 Å². The average molecular weight is 1410 g/mol. The maximum Gasteiger partial charge on any atom is 0.472 e. The summed E-state index contributed by atoms with van der Waals surface area (Å²) in [6, 6.07) is 0. The van der Waals surface area contributed by atoms with Crippen molar-refractivity contribution >= 4 is 39.5 Å². The third kappa shape index (κ3) is 70.5. The summed E-state index contributed by atoms with van der Waals surface area (Å²) < 4.78 is 68.6. The monoisotopic (exact) mass is 1410 g/mol. The smallest absolute Gasteiger partial charge is 0.462 e. The highest BCUT2D eigenvalue weighted by atomic mass is 31.2. The minimum Gasteiger partial charge on any atom is -0.462 e. The minimum absolute atomic E-state index is 0.108. The molecule has 0 heterocycles. The molecule has 19 heteroatoms. The van der Waals surface area contributed by atoms with Gasteiger partial charge in [0.15, 0.2) is 12.2 Å². The molecule has 0 amide bonds. The minimum atomic E-state index is -4.96. The van der Waals surface area contributed by atoms with E-state index < -0.39 is 97.5 Å². The number of hydrogen-bond donors (Lipinski definition) is 3. The van der Waals surface area contributed by atoms with E-state index in [0.29, 0.717) is 25.7 Å². The second kappa shape index (κ2) is 70.1. The number of aliphatic hydroxyl groups excluding tert-OH is 1. The zero-order chi connectivity index (χ0) is 70.5. The Morgan fingerprint density at radius 3 is 0.708 bits per heavy atom. The number of phosphoric acid groups is 2. The van der Waals surface area contributed by atoms with Gasteiger partial charge in [0.1, 0.15) is 19.3 Å². The molecular formula is C77H150O17P2. The Bertz CT molecular complexity index is 1840. The van der Waals surface area contributed by atoms with Crippen molar-refractivity contribution < 1.29 is 80.2 Å². The summed E-state index contributed by atoms with van der Waals surface area (Å²) in [5.41, 5.74) is 0. The molecule has 3 N–H and O–H groups in total. The van der Waals surface area contributed by atoms with Gasteiger partial charge in [-0.2, -0.15) is 0 Å². The summed E-state index contributed by atoms with van der Waals surface area (Å²) >= 11 is 0. The molecular weight excluding hydrogens is 1260 g/mol. The van der Waals surface area contributed by atoms with E-state index >= 15 is 0 Å². The van der Waals surface area contributed by atoms with Crippen LogP contribution in [0, 0.1) is 5.92 Å². The number of esters is 4. The second-order valence-electron chi connectivity index (χ2n) is 28.2. The summed E-state index contributed by atoms with van der Waals surface area (Å²) in [7, 11) is -9.91. The van der Waals surface area contributed by atoms with Crippen molar-refractivity contribution in [1.82, 2.24) is 0 Å². The zero-order valence-corrected chi connectivity index (χ0v) is 64.3. The summed E-state index contributed by atoms with van der Waals surface area (Å²) in [6.07, 6.45) is 59.5. The highest BCUT2D eigenvalue weighted by Gasteiger charge is 2.30. The van der Waals surface area contributed by atoms with Gasteiger partial charge in [-0.3, -0.25) is 37.3 Å². The van der Waals surface area contributed by atoms with Gasteiger partial charge in [-0.25, -0.2) is 9.13 Å². The van der Waals surface area contributed by atoms with Crippen molar-refractivity contribution in [3.05, 3.63) is 0 Å². The Kier molecular flexibility index (Phi) is 68.7. The molecule has 0 radical (unpaired) electrons. The van der Waals surface area contributed by atoms with Crippen LogP contribution in [0.2, 0.25) is 0 Å². The maximum atomic E-state index is 13.1. The lowest BCUT2D eigenvalue weighted by atomic mass is 10.0. The number of aliphatic hydroxyl groups is 1. The van der Waals surface area contributed by atoms with Crippen LogP contribution in [0.4, 0.5) is 0 Å². The Hall–Kier alpha value is -1.94. The fourth-order valence-electron chi connectivity index (χ4n) is 11.9. The molecule has 0 spiro atoms. The van der Waals surface area contributed by atoms with Crippen LogP contribution in [0.15, 0.2) is 0 Å². The van der Waals surface area contributed by atoms with Crippen LogP contribution < -0.4 is 0 Å². The number of unbranched alkanes of at least 4 members (excludes halogenated alkanes) is 49. The number of ether oxygens (including phenoxy) is 4. The molecule has 5 atom stereocenters. The predicted molar refractivity (Wildman–Crippen MR) is 391 cm³/mol. The second-order valence-corrected chi connectivity index (χ2v) is 31.1. The van der Waals surface area contributed by atoms with Gasteiger partial charge in [-0.05, 0) is 31.6 Å². The fourth-order valence-corrected chi connectivity index (χ4v) is 13.5. The van der Waals surface area contributed by atoms with Gasteiger partial charge < -0.3 is 33.8 Å². The zero-order valence-electron chi connectivity index (χ0n) is 62.5. The third-order valence-electron chi connectivity index (χ3n) is 18.0. The van der Waals surface area contributed by atoms with E-state index in [2.05, 4.69) is 34.6 Å². The first-order chi connectivity index (χ1) is 46.5. The average Bonchev–Trinajstić information content (AvgIpc) is 1.28. The normalized spacial score (nSPS) is 13.9. The predicted octanol–water partition coefficient (Wildman–Crippen LogP) is 22.9. The first-order valence-corrected chi connectivity index (χ1v) is 43.1. The summed E-state index contributed by atoms with van der Waals surface area (Å²) in [5.74, 6) is -1.32. The van der Waals surface area contributed by atoms with Gasteiger partial charge >= 0.3 is 39.5 Å². The molecule has 0 saturated carbocycles. The van der Waals surface area contributed by atoms with Crippen LogP contribution in [0.25, 0.3) is 0 Å². The largest absolute Gasteiger partial charge is 0.472 e. The molecule has 0 aromatic rings. The van der Waals surface area contributed by atoms with Gasteiger partial charge in [-0.15, -0.1) is 0 Å². The molecule has 0 fully saturated rings. The number of carbonyl (C=O) groups excluding carboxylic acids is 4. The topological polar surface area (TPSA) is 237 Å². The Morgan fingerprint density at radius 2 is 0.479 bits per heavy atom. The van der Waals surface area contributed by atoms with Crippen LogP contribution in [0.3, 0.4) is 0 Å². The first-order valence-electron chi connectivity index (χ1n) is 40.1. The molecule has 0 aliphatic heterocycles. The van der Waals surface area contributed by atoms with E-state index in [1.807, 2.05) is 0 Å². The van der Waals surface area contributed by atoms with Crippen molar-refractivity contribution in [3.63, 3.8) is 0 Å². The van der Waals surface area contributed by atoms with Gasteiger partial charge in [0.05, 0.1) is 26.4 Å². The van der Waals surface area contributed by atoms with E-state index in [4.69, 9.17) is 37.0 Å². The number of phosphoric ester groups is 2. The lowest BCUT2D eigenvalue weighted by Crippen LogP contribution is -2.30. The Balaban J connectivity index is 5.23. The van der Waals surface area contributed by atoms with Crippen molar-refractivity contribution in [1.29, 1.82) is 0 Å². The molecule has 17 nitrogen and oxygen atoms in total. The van der Waals surface area contributed by atoms with E-state index in [1.54, 1.807) is 0 Å². The SMILES string of the molecule is CCCCCCCCCCCCCCCCCC(=O)OC[C@H](COP(=O)(O)OC[C@@H](O)COP(=O)(O)OC[C@@H](COC(=O)CCCCCCCCCCC)OC(=O)CCCCCCCCCCCCCCCCC)OC(=O)CCCCCCCCCCCCCCCCC(C)C. The molecule has 570 valence electrons. The van der Waals surface area contributed by atoms with E-state index in [9.17, 15) is 43.2 Å². The number of rotatable bonds is 77. The number of carbonyl (C=O) groups is 4. The lowest BCUT2D eigenvalue weighted by Gasteiger charge is -2.21. The third-order valence-corrected chi connectivity index (χ3v) is 19.9. The van der Waals surface area contributed by atoms with Crippen LogP contribution in [0.1, 0.15) is 407 Å².